The van der Waals surface area contributed by atoms with E-state index >= 15 is 0 Å². The summed E-state index contributed by atoms with van der Waals surface area (Å²) >= 11 is 0. The summed E-state index contributed by atoms with van der Waals surface area (Å²) in [5.74, 6) is -1.44. The third kappa shape index (κ3) is 6.74. The summed E-state index contributed by atoms with van der Waals surface area (Å²) in [5.41, 5.74) is 4.69. The monoisotopic (exact) mass is 505 g/mol. The normalized spacial score (nSPS) is 15.2. The minimum Gasteiger partial charge on any atom is -0.481 e. The molecule has 1 N–H and O–H groups in total. The van der Waals surface area contributed by atoms with Gasteiger partial charge in [0.1, 0.15) is 18.0 Å². The lowest BCUT2D eigenvalue weighted by atomic mass is 9.92. The number of para-hydroxylation sites is 1. The predicted octanol–water partition coefficient (Wildman–Crippen LogP) is 6.05. The smallest absolute Gasteiger partial charge is 0.310 e. The van der Waals surface area contributed by atoms with E-state index in [2.05, 4.69) is 20.8 Å². The number of carbonyl (C=O) groups excluding carboxylic acids is 1. The largest absolute Gasteiger partial charge is 0.481 e. The molecule has 3 aromatic rings. The van der Waals surface area contributed by atoms with Gasteiger partial charge in [0.15, 0.2) is 9.76 Å². The molecule has 36 heavy (non-hydrogen) atoms. The molecule has 1 saturated carbocycles. The molecule has 1 heterocycles. The summed E-state index contributed by atoms with van der Waals surface area (Å²) < 4.78 is 20.0. The lowest BCUT2D eigenvalue weighted by molar-refractivity contribution is -0.140. The number of nitrogens with zero attached hydrogens (tertiary/aromatic N) is 1. The van der Waals surface area contributed by atoms with E-state index in [-0.39, 0.29) is 23.1 Å². The highest BCUT2D eigenvalue weighted by atomic mass is 28.2. The molecular formula is C29H32FNO4Si. The molecule has 2 aromatic carbocycles. The standard InChI is InChI=1S/C29H32FNO4Si/c1-29(2,3)36-35-22(16-21(32)17-26(33)34)14-15-24-27(18-10-12-20(30)13-11-18)23-6-4-5-7-25(23)31-28(24)19-8-9-19/h4-7,10-15,19,22H,8-9,16-17,36H2,1-3H3,(H,33,34)/b15-14+/t22-/m1/s1. The van der Waals surface area contributed by atoms with Crippen molar-refractivity contribution in [3.8, 4) is 11.1 Å². The molecule has 0 unspecified atom stereocenters. The number of hydrogen-bond donors (Lipinski definition) is 1. The van der Waals surface area contributed by atoms with E-state index < -0.39 is 28.3 Å². The fraction of sp³-hybridized carbons (Fsp3) is 0.345. The van der Waals surface area contributed by atoms with Gasteiger partial charge in [0, 0.05) is 28.9 Å². The lowest BCUT2D eigenvalue weighted by Gasteiger charge is -2.22. The summed E-state index contributed by atoms with van der Waals surface area (Å²) in [4.78, 5) is 28.4. The van der Waals surface area contributed by atoms with Crippen molar-refractivity contribution in [2.45, 2.75) is 63.5 Å². The minimum absolute atomic E-state index is 0.0114. The van der Waals surface area contributed by atoms with Crippen LogP contribution >= 0.6 is 0 Å². The van der Waals surface area contributed by atoms with Gasteiger partial charge < -0.3 is 9.53 Å². The Bertz CT molecular complexity index is 1290. The molecule has 188 valence electrons. The molecule has 0 amide bonds. The summed E-state index contributed by atoms with van der Waals surface area (Å²) in [6.45, 7) is 6.30. The van der Waals surface area contributed by atoms with Crippen molar-refractivity contribution in [2.24, 2.45) is 0 Å². The average molecular weight is 506 g/mol. The summed E-state index contributed by atoms with van der Waals surface area (Å²) in [6.07, 6.45) is 4.95. The number of fused-ring (bicyclic) bond motifs is 1. The predicted molar refractivity (Wildman–Crippen MR) is 143 cm³/mol. The molecule has 1 aliphatic carbocycles. The molecule has 0 bridgehead atoms. The molecule has 1 aromatic heterocycles. The Kier molecular flexibility index (Phi) is 7.81. The van der Waals surface area contributed by atoms with Gasteiger partial charge in [-0.1, -0.05) is 63.3 Å². The second-order valence-electron chi connectivity index (χ2n) is 10.7. The van der Waals surface area contributed by atoms with Crippen molar-refractivity contribution in [3.05, 3.63) is 71.7 Å². The van der Waals surface area contributed by atoms with Gasteiger partial charge >= 0.3 is 5.97 Å². The molecule has 4 rings (SSSR count). The van der Waals surface area contributed by atoms with Crippen molar-refractivity contribution in [2.75, 3.05) is 0 Å². The first-order chi connectivity index (χ1) is 17.1. The first kappa shape index (κ1) is 25.9. The molecule has 0 aliphatic heterocycles. The fourth-order valence-corrected chi connectivity index (χ4v) is 5.16. The number of carboxylic acids is 1. The Morgan fingerprint density at radius 1 is 1.17 bits per heavy atom. The average Bonchev–Trinajstić information content (AvgIpc) is 3.65. The molecule has 1 aliphatic rings. The molecule has 1 fully saturated rings. The molecule has 0 spiro atoms. The number of Topliss-reactive ketones (excluding diaryl/α,β-unsaturated/α-hetero) is 1. The zero-order valence-electron chi connectivity index (χ0n) is 21.0. The first-order valence-electron chi connectivity index (χ1n) is 12.3. The van der Waals surface area contributed by atoms with Crippen LogP contribution in [0.4, 0.5) is 4.39 Å². The van der Waals surface area contributed by atoms with Crippen molar-refractivity contribution in [1.29, 1.82) is 0 Å². The van der Waals surface area contributed by atoms with Gasteiger partial charge in [-0.25, -0.2) is 4.39 Å². The van der Waals surface area contributed by atoms with Crippen LogP contribution in [0.3, 0.4) is 0 Å². The number of benzene rings is 2. The second-order valence-corrected chi connectivity index (χ2v) is 13.4. The highest BCUT2D eigenvalue weighted by Crippen LogP contribution is 2.45. The number of halogens is 1. The minimum atomic E-state index is -1.14. The Morgan fingerprint density at radius 3 is 2.50 bits per heavy atom. The van der Waals surface area contributed by atoms with E-state index in [1.165, 1.54) is 12.1 Å². The number of aliphatic carboxylic acids is 1. The van der Waals surface area contributed by atoms with Gasteiger partial charge in [-0.05, 0) is 41.6 Å². The Labute approximate surface area is 213 Å². The second kappa shape index (κ2) is 10.8. The first-order valence-corrected chi connectivity index (χ1v) is 13.6. The molecule has 7 heteroatoms. The molecular weight excluding hydrogens is 473 g/mol. The molecule has 5 nitrogen and oxygen atoms in total. The summed E-state index contributed by atoms with van der Waals surface area (Å²) in [6, 6.07) is 14.4. The molecule has 1 atom stereocenters. The van der Waals surface area contributed by atoms with E-state index in [0.717, 1.165) is 46.1 Å². The van der Waals surface area contributed by atoms with Gasteiger partial charge in [-0.3, -0.25) is 14.6 Å². The lowest BCUT2D eigenvalue weighted by Crippen LogP contribution is -2.23. The van der Waals surface area contributed by atoms with Crippen LogP contribution in [0.25, 0.3) is 28.1 Å². The van der Waals surface area contributed by atoms with Gasteiger partial charge in [0.2, 0.25) is 0 Å². The SMILES string of the molecule is CC(C)(C)[SiH2]O[C@H](/C=C/c1c(C2CC2)nc2ccccc2c1-c1ccc(F)cc1)CC(=O)CC(=O)O. The van der Waals surface area contributed by atoms with E-state index in [4.69, 9.17) is 14.5 Å². The Morgan fingerprint density at radius 2 is 1.86 bits per heavy atom. The summed E-state index contributed by atoms with van der Waals surface area (Å²) in [5, 5.41) is 10.0. The van der Waals surface area contributed by atoms with Gasteiger partial charge in [0.05, 0.1) is 17.3 Å². The number of hydrogen-bond acceptors (Lipinski definition) is 4. The maximum Gasteiger partial charge on any atom is 0.310 e. The van der Waals surface area contributed by atoms with E-state index in [1.807, 2.05) is 36.4 Å². The number of pyridine rings is 1. The topological polar surface area (TPSA) is 76.5 Å². The summed E-state index contributed by atoms with van der Waals surface area (Å²) in [7, 11) is -0.988. The maximum absolute atomic E-state index is 13.8. The van der Waals surface area contributed by atoms with Gasteiger partial charge in [-0.15, -0.1) is 0 Å². The number of rotatable bonds is 10. The van der Waals surface area contributed by atoms with Gasteiger partial charge in [0.25, 0.3) is 0 Å². The number of ketones is 1. The fourth-order valence-electron chi connectivity index (χ4n) is 4.22. The van der Waals surface area contributed by atoms with E-state index in [0.29, 0.717) is 5.92 Å². The van der Waals surface area contributed by atoms with Crippen LogP contribution in [0.1, 0.15) is 63.6 Å². The Hall–Kier alpha value is -3.16. The highest BCUT2D eigenvalue weighted by molar-refractivity contribution is 6.31. The number of carbonyl (C=O) groups is 2. The van der Waals surface area contributed by atoms with Crippen LogP contribution < -0.4 is 0 Å². The zero-order valence-corrected chi connectivity index (χ0v) is 22.4. The zero-order chi connectivity index (χ0) is 25.9. The van der Waals surface area contributed by atoms with Crippen molar-refractivity contribution >= 4 is 38.5 Å². The third-order valence-corrected chi connectivity index (χ3v) is 7.50. The third-order valence-electron chi connectivity index (χ3n) is 6.04. The number of carboxylic acid groups (broad SMARTS) is 1. The van der Waals surface area contributed by atoms with E-state index in [9.17, 15) is 14.0 Å². The van der Waals surface area contributed by atoms with Gasteiger partial charge in [-0.2, -0.15) is 0 Å². The van der Waals surface area contributed by atoms with Crippen LogP contribution in [0, 0.1) is 5.82 Å². The Balaban J connectivity index is 1.80. The quantitative estimate of drug-likeness (QED) is 0.268. The number of aromatic nitrogens is 1. The van der Waals surface area contributed by atoms with Crippen LogP contribution in [-0.4, -0.2) is 37.7 Å². The van der Waals surface area contributed by atoms with Crippen LogP contribution in [-0.2, 0) is 14.0 Å². The van der Waals surface area contributed by atoms with Crippen molar-refractivity contribution in [3.63, 3.8) is 0 Å². The van der Waals surface area contributed by atoms with Crippen molar-refractivity contribution in [1.82, 2.24) is 4.98 Å². The van der Waals surface area contributed by atoms with Crippen LogP contribution in [0.5, 0.6) is 0 Å². The van der Waals surface area contributed by atoms with E-state index in [1.54, 1.807) is 12.1 Å². The van der Waals surface area contributed by atoms with Crippen LogP contribution in [0.15, 0.2) is 54.6 Å². The highest BCUT2D eigenvalue weighted by Gasteiger charge is 2.30. The van der Waals surface area contributed by atoms with Crippen LogP contribution in [0.2, 0.25) is 5.04 Å². The molecule has 0 saturated heterocycles. The maximum atomic E-state index is 13.8. The van der Waals surface area contributed by atoms with Crippen molar-refractivity contribution < 1.29 is 23.5 Å². The molecule has 0 radical (unpaired) electrons.